The number of rotatable bonds is 2. The van der Waals surface area contributed by atoms with Crippen molar-refractivity contribution < 1.29 is 9.63 Å². The van der Waals surface area contributed by atoms with Crippen LogP contribution in [-0.4, -0.2) is 15.2 Å². The molecule has 0 spiro atoms. The third-order valence-corrected chi connectivity index (χ3v) is 4.21. The Morgan fingerprint density at radius 3 is 2.65 bits per heavy atom. The van der Waals surface area contributed by atoms with Gasteiger partial charge in [0, 0.05) is 5.92 Å². The Kier molecular flexibility index (Phi) is 3.47. The zero-order valence-corrected chi connectivity index (χ0v) is 12.0. The Balaban J connectivity index is 1.83. The molecule has 3 rings (SSSR count). The minimum absolute atomic E-state index is 0.192. The van der Waals surface area contributed by atoms with Gasteiger partial charge < -0.3 is 9.63 Å². The molecular formula is C16H20N2O2. The van der Waals surface area contributed by atoms with Crippen LogP contribution < -0.4 is 0 Å². The molecule has 4 nitrogen and oxygen atoms in total. The molecular weight excluding hydrogens is 252 g/mol. The van der Waals surface area contributed by atoms with Gasteiger partial charge in [0.1, 0.15) is 5.75 Å². The van der Waals surface area contributed by atoms with Crippen molar-refractivity contribution in [3.8, 4) is 17.2 Å². The third kappa shape index (κ3) is 2.55. The molecule has 2 aromatic rings. The van der Waals surface area contributed by atoms with Gasteiger partial charge in [0.15, 0.2) is 5.82 Å². The second kappa shape index (κ2) is 5.27. The van der Waals surface area contributed by atoms with Gasteiger partial charge in [0.2, 0.25) is 0 Å². The monoisotopic (exact) mass is 272 g/mol. The van der Waals surface area contributed by atoms with E-state index in [1.54, 1.807) is 6.07 Å². The number of hydrogen-bond donors (Lipinski definition) is 1. The number of phenolic OH excluding ortho intramolecular Hbond substituents is 1. The van der Waals surface area contributed by atoms with Crippen LogP contribution in [0.5, 0.6) is 5.75 Å². The lowest BCUT2D eigenvalue weighted by Gasteiger charge is -2.23. The first-order valence-electron chi connectivity index (χ1n) is 7.27. The predicted molar refractivity (Wildman–Crippen MR) is 76.5 cm³/mol. The van der Waals surface area contributed by atoms with Gasteiger partial charge in [-0.1, -0.05) is 31.0 Å². The fraction of sp³-hybridized carbons (Fsp3) is 0.500. The van der Waals surface area contributed by atoms with Gasteiger partial charge in [0.05, 0.1) is 5.56 Å². The van der Waals surface area contributed by atoms with Crippen LogP contribution in [0.4, 0.5) is 0 Å². The molecule has 0 unspecified atom stereocenters. The third-order valence-electron chi connectivity index (χ3n) is 4.21. The molecule has 106 valence electrons. The Bertz CT molecular complexity index is 598. The maximum Gasteiger partial charge on any atom is 0.261 e. The summed E-state index contributed by atoms with van der Waals surface area (Å²) < 4.78 is 5.33. The van der Waals surface area contributed by atoms with Crippen molar-refractivity contribution in [2.75, 3.05) is 0 Å². The summed E-state index contributed by atoms with van der Waals surface area (Å²) in [7, 11) is 0. The second-order valence-corrected chi connectivity index (χ2v) is 5.94. The van der Waals surface area contributed by atoms with E-state index in [-0.39, 0.29) is 5.75 Å². The maximum absolute atomic E-state index is 9.97. The average Bonchev–Trinajstić information content (AvgIpc) is 2.89. The molecule has 0 bridgehead atoms. The van der Waals surface area contributed by atoms with Crippen molar-refractivity contribution in [3.05, 3.63) is 29.6 Å². The zero-order chi connectivity index (χ0) is 14.1. The highest BCUT2D eigenvalue weighted by atomic mass is 16.5. The fourth-order valence-corrected chi connectivity index (χ4v) is 2.85. The Hall–Kier alpha value is -1.84. The van der Waals surface area contributed by atoms with Gasteiger partial charge in [-0.25, -0.2) is 0 Å². The van der Waals surface area contributed by atoms with E-state index in [0.29, 0.717) is 17.4 Å². The summed E-state index contributed by atoms with van der Waals surface area (Å²) in [4.78, 5) is 4.48. The van der Waals surface area contributed by atoms with Crippen molar-refractivity contribution >= 4 is 0 Å². The molecule has 1 N–H and O–H groups in total. The predicted octanol–water partition coefficient (Wildman–Crippen LogP) is 4.04. The van der Waals surface area contributed by atoms with E-state index in [9.17, 15) is 5.11 Å². The second-order valence-electron chi connectivity index (χ2n) is 5.94. The molecule has 1 saturated carbocycles. The number of nitrogens with zero attached hydrogens (tertiary/aromatic N) is 2. The van der Waals surface area contributed by atoms with Crippen LogP contribution in [-0.2, 0) is 0 Å². The van der Waals surface area contributed by atoms with E-state index in [0.717, 1.165) is 30.1 Å². The summed E-state index contributed by atoms with van der Waals surface area (Å²) in [6.07, 6.45) is 4.70. The molecule has 4 heteroatoms. The molecule has 1 aliphatic carbocycles. The molecule has 1 aliphatic rings. The van der Waals surface area contributed by atoms with Gasteiger partial charge in [-0.15, -0.1) is 0 Å². The van der Waals surface area contributed by atoms with Crippen LogP contribution in [0.1, 0.15) is 49.9 Å². The standard InChI is InChI=1S/C16H20N2O2/c1-10-3-6-12(7-4-10)15-17-16(20-18-15)13-8-5-11(2)9-14(13)19/h5,8-10,12,19H,3-4,6-7H2,1-2H3. The molecule has 0 saturated heterocycles. The number of phenols is 1. The molecule has 0 amide bonds. The lowest BCUT2D eigenvalue weighted by molar-refractivity contribution is 0.328. The van der Waals surface area contributed by atoms with E-state index in [4.69, 9.17) is 4.52 Å². The minimum atomic E-state index is 0.192. The molecule has 0 atom stereocenters. The fourth-order valence-electron chi connectivity index (χ4n) is 2.85. The molecule has 0 radical (unpaired) electrons. The lowest BCUT2D eigenvalue weighted by Crippen LogP contribution is -2.11. The van der Waals surface area contributed by atoms with Crippen LogP contribution in [0.25, 0.3) is 11.5 Å². The number of benzene rings is 1. The van der Waals surface area contributed by atoms with E-state index >= 15 is 0 Å². The first-order valence-corrected chi connectivity index (χ1v) is 7.27. The Morgan fingerprint density at radius 2 is 1.95 bits per heavy atom. The number of aromatic hydroxyl groups is 1. The van der Waals surface area contributed by atoms with Crippen LogP contribution >= 0.6 is 0 Å². The highest BCUT2D eigenvalue weighted by Crippen LogP contribution is 2.36. The quantitative estimate of drug-likeness (QED) is 0.896. The van der Waals surface area contributed by atoms with Gasteiger partial charge in [-0.2, -0.15) is 4.98 Å². The smallest absolute Gasteiger partial charge is 0.261 e. The number of hydrogen-bond acceptors (Lipinski definition) is 4. The van der Waals surface area contributed by atoms with Crippen LogP contribution in [0.2, 0.25) is 0 Å². The van der Waals surface area contributed by atoms with E-state index < -0.39 is 0 Å². The summed E-state index contributed by atoms with van der Waals surface area (Å²) >= 11 is 0. The summed E-state index contributed by atoms with van der Waals surface area (Å²) in [5.41, 5.74) is 1.62. The Morgan fingerprint density at radius 1 is 1.20 bits per heavy atom. The average molecular weight is 272 g/mol. The molecule has 1 aromatic heterocycles. The molecule has 0 aliphatic heterocycles. The van der Waals surface area contributed by atoms with Crippen LogP contribution in [0.3, 0.4) is 0 Å². The molecule has 1 aromatic carbocycles. The summed E-state index contributed by atoms with van der Waals surface area (Å²) in [6.45, 7) is 4.23. The topological polar surface area (TPSA) is 59.2 Å². The zero-order valence-electron chi connectivity index (χ0n) is 12.0. The Labute approximate surface area is 118 Å². The van der Waals surface area contributed by atoms with Crippen molar-refractivity contribution in [1.29, 1.82) is 0 Å². The maximum atomic E-state index is 9.97. The van der Waals surface area contributed by atoms with Crippen molar-refractivity contribution in [3.63, 3.8) is 0 Å². The van der Waals surface area contributed by atoms with Crippen LogP contribution in [0, 0.1) is 12.8 Å². The largest absolute Gasteiger partial charge is 0.507 e. The van der Waals surface area contributed by atoms with Gasteiger partial charge >= 0.3 is 0 Å². The molecule has 1 heterocycles. The SMILES string of the molecule is Cc1ccc(-c2nc(C3CCC(C)CC3)no2)c(O)c1. The lowest BCUT2D eigenvalue weighted by atomic mass is 9.83. The van der Waals surface area contributed by atoms with E-state index in [1.807, 2.05) is 19.1 Å². The molecule has 1 fully saturated rings. The van der Waals surface area contributed by atoms with Gasteiger partial charge in [-0.3, -0.25) is 0 Å². The van der Waals surface area contributed by atoms with E-state index in [1.165, 1.54) is 12.8 Å². The normalized spacial score (nSPS) is 22.9. The van der Waals surface area contributed by atoms with Crippen molar-refractivity contribution in [2.24, 2.45) is 5.92 Å². The number of aryl methyl sites for hydroxylation is 1. The summed E-state index contributed by atoms with van der Waals surface area (Å²) in [5, 5.41) is 14.1. The van der Waals surface area contributed by atoms with Crippen LogP contribution in [0.15, 0.2) is 22.7 Å². The van der Waals surface area contributed by atoms with Crippen molar-refractivity contribution in [1.82, 2.24) is 10.1 Å². The highest BCUT2D eigenvalue weighted by Gasteiger charge is 2.24. The molecule has 20 heavy (non-hydrogen) atoms. The van der Waals surface area contributed by atoms with E-state index in [2.05, 4.69) is 17.1 Å². The number of aromatic nitrogens is 2. The summed E-state index contributed by atoms with van der Waals surface area (Å²) in [6, 6.07) is 5.47. The van der Waals surface area contributed by atoms with Gasteiger partial charge in [-0.05, 0) is 43.4 Å². The van der Waals surface area contributed by atoms with Crippen molar-refractivity contribution in [2.45, 2.75) is 45.4 Å². The van der Waals surface area contributed by atoms with Gasteiger partial charge in [0.25, 0.3) is 5.89 Å². The highest BCUT2D eigenvalue weighted by molar-refractivity contribution is 5.62. The minimum Gasteiger partial charge on any atom is -0.507 e. The first-order chi connectivity index (χ1) is 9.63. The summed E-state index contributed by atoms with van der Waals surface area (Å²) in [5.74, 6) is 2.59. The first kappa shape index (κ1) is 13.2.